The predicted molar refractivity (Wildman–Crippen MR) is 124 cm³/mol. The molecule has 0 aliphatic heterocycles. The summed E-state index contributed by atoms with van der Waals surface area (Å²) in [7, 11) is 0. The molecule has 0 heterocycles. The lowest BCUT2D eigenvalue weighted by Gasteiger charge is -2.22. The third-order valence-electron chi connectivity index (χ3n) is 5.62. The molecule has 0 aliphatic carbocycles. The highest BCUT2D eigenvalue weighted by molar-refractivity contribution is 5.16. The molecule has 0 radical (unpaired) electrons. The number of benzene rings is 2. The van der Waals surface area contributed by atoms with Crippen molar-refractivity contribution in [2.45, 2.75) is 71.6 Å². The molecule has 1 heteroatoms. The molecule has 2 aromatic rings. The summed E-state index contributed by atoms with van der Waals surface area (Å²) in [5.74, 6) is 0.864. The van der Waals surface area contributed by atoms with Crippen LogP contribution in [0.3, 0.4) is 0 Å². The highest BCUT2D eigenvalue weighted by atomic mass is 15.1. The Labute approximate surface area is 174 Å². The van der Waals surface area contributed by atoms with Crippen LogP contribution in [0.25, 0.3) is 0 Å². The van der Waals surface area contributed by atoms with Gasteiger partial charge in [-0.25, -0.2) is 0 Å². The van der Waals surface area contributed by atoms with E-state index in [1.54, 1.807) is 0 Å². The van der Waals surface area contributed by atoms with E-state index in [1.165, 1.54) is 75.7 Å². The molecular formula is C27H41N. The van der Waals surface area contributed by atoms with Crippen LogP contribution in [0.1, 0.15) is 69.9 Å². The maximum Gasteiger partial charge on any atom is 0.00219 e. The maximum atomic E-state index is 2.68. The Hall–Kier alpha value is -1.60. The van der Waals surface area contributed by atoms with Crippen LogP contribution in [0, 0.1) is 5.92 Å². The number of hydrogen-bond donors (Lipinski definition) is 0. The second kappa shape index (κ2) is 14.4. The Morgan fingerprint density at radius 2 is 1.04 bits per heavy atom. The molecule has 0 atom stereocenters. The van der Waals surface area contributed by atoms with Crippen molar-refractivity contribution in [2.75, 3.05) is 19.6 Å². The van der Waals surface area contributed by atoms with Gasteiger partial charge in [-0.05, 0) is 42.9 Å². The SMILES string of the molecule is CC(C)CCCCCCCCN(CCc1ccccc1)CCc1ccccc1. The highest BCUT2D eigenvalue weighted by Gasteiger charge is 2.06. The molecule has 154 valence electrons. The van der Waals surface area contributed by atoms with Gasteiger partial charge < -0.3 is 4.90 Å². The molecule has 0 N–H and O–H groups in total. The molecule has 1 nitrogen and oxygen atoms in total. The summed E-state index contributed by atoms with van der Waals surface area (Å²) in [4.78, 5) is 2.68. The van der Waals surface area contributed by atoms with Crippen LogP contribution < -0.4 is 0 Å². The van der Waals surface area contributed by atoms with Gasteiger partial charge in [-0.3, -0.25) is 0 Å². The van der Waals surface area contributed by atoms with Gasteiger partial charge in [0.2, 0.25) is 0 Å². The number of rotatable bonds is 15. The molecule has 0 aliphatic rings. The molecule has 2 rings (SSSR count). The zero-order valence-electron chi connectivity index (χ0n) is 18.3. The van der Waals surface area contributed by atoms with Crippen molar-refractivity contribution < 1.29 is 0 Å². The van der Waals surface area contributed by atoms with Gasteiger partial charge in [0.05, 0.1) is 0 Å². The van der Waals surface area contributed by atoms with E-state index in [0.717, 1.165) is 18.8 Å². The van der Waals surface area contributed by atoms with E-state index in [4.69, 9.17) is 0 Å². The van der Waals surface area contributed by atoms with Gasteiger partial charge in [-0.15, -0.1) is 0 Å². The maximum absolute atomic E-state index is 2.68. The quantitative estimate of drug-likeness (QED) is 0.297. The Balaban J connectivity index is 1.67. The number of hydrogen-bond acceptors (Lipinski definition) is 1. The Kier molecular flexibility index (Phi) is 11.7. The van der Waals surface area contributed by atoms with E-state index in [0.29, 0.717) is 0 Å². The molecule has 0 fully saturated rings. The average Bonchev–Trinajstić information content (AvgIpc) is 2.72. The molecule has 0 amide bonds. The summed E-state index contributed by atoms with van der Waals surface area (Å²) in [5, 5.41) is 0. The van der Waals surface area contributed by atoms with E-state index in [1.807, 2.05) is 0 Å². The van der Waals surface area contributed by atoms with E-state index >= 15 is 0 Å². The summed E-state index contributed by atoms with van der Waals surface area (Å²) in [6.07, 6.45) is 12.1. The first-order valence-electron chi connectivity index (χ1n) is 11.5. The fraction of sp³-hybridized carbons (Fsp3) is 0.556. The zero-order valence-corrected chi connectivity index (χ0v) is 18.3. The Morgan fingerprint density at radius 1 is 0.571 bits per heavy atom. The van der Waals surface area contributed by atoms with Crippen molar-refractivity contribution in [3.63, 3.8) is 0 Å². The minimum atomic E-state index is 0.864. The van der Waals surface area contributed by atoms with E-state index in [-0.39, 0.29) is 0 Å². The highest BCUT2D eigenvalue weighted by Crippen LogP contribution is 2.12. The second-order valence-electron chi connectivity index (χ2n) is 8.62. The normalized spacial score (nSPS) is 11.4. The van der Waals surface area contributed by atoms with Crippen molar-refractivity contribution >= 4 is 0 Å². The van der Waals surface area contributed by atoms with Gasteiger partial charge >= 0.3 is 0 Å². The molecule has 0 unspecified atom stereocenters. The van der Waals surface area contributed by atoms with Crippen molar-refractivity contribution in [2.24, 2.45) is 5.92 Å². The number of unbranched alkanes of at least 4 members (excludes halogenated alkanes) is 5. The summed E-state index contributed by atoms with van der Waals surface area (Å²) in [6.45, 7) is 8.25. The first-order valence-corrected chi connectivity index (χ1v) is 11.5. The summed E-state index contributed by atoms with van der Waals surface area (Å²) >= 11 is 0. The van der Waals surface area contributed by atoms with Gasteiger partial charge in [-0.1, -0.05) is 113 Å². The molecule has 2 aromatic carbocycles. The summed E-state index contributed by atoms with van der Waals surface area (Å²) < 4.78 is 0. The summed E-state index contributed by atoms with van der Waals surface area (Å²) in [6, 6.07) is 21.9. The van der Waals surface area contributed by atoms with Gasteiger partial charge in [0.1, 0.15) is 0 Å². The molecular weight excluding hydrogens is 338 g/mol. The van der Waals surface area contributed by atoms with Gasteiger partial charge in [-0.2, -0.15) is 0 Å². The van der Waals surface area contributed by atoms with Crippen molar-refractivity contribution in [1.29, 1.82) is 0 Å². The first kappa shape index (κ1) is 22.7. The van der Waals surface area contributed by atoms with E-state index < -0.39 is 0 Å². The predicted octanol–water partition coefficient (Wildman–Crippen LogP) is 7.16. The smallest absolute Gasteiger partial charge is 0.00219 e. The van der Waals surface area contributed by atoms with Crippen LogP contribution in [-0.4, -0.2) is 24.5 Å². The van der Waals surface area contributed by atoms with Gasteiger partial charge in [0.15, 0.2) is 0 Å². The van der Waals surface area contributed by atoms with Crippen LogP contribution in [0.2, 0.25) is 0 Å². The molecule has 0 saturated heterocycles. The van der Waals surface area contributed by atoms with E-state index in [9.17, 15) is 0 Å². The van der Waals surface area contributed by atoms with Gasteiger partial charge in [0.25, 0.3) is 0 Å². The minimum Gasteiger partial charge on any atom is -0.303 e. The average molecular weight is 380 g/mol. The molecule has 28 heavy (non-hydrogen) atoms. The van der Waals surface area contributed by atoms with E-state index in [2.05, 4.69) is 79.4 Å². The van der Waals surface area contributed by atoms with Crippen LogP contribution in [-0.2, 0) is 12.8 Å². The molecule has 0 aromatic heterocycles. The second-order valence-corrected chi connectivity index (χ2v) is 8.62. The van der Waals surface area contributed by atoms with Gasteiger partial charge in [0, 0.05) is 13.1 Å². The first-order chi connectivity index (χ1) is 13.7. The lowest BCUT2D eigenvalue weighted by Crippen LogP contribution is -2.29. The minimum absolute atomic E-state index is 0.864. The molecule has 0 saturated carbocycles. The largest absolute Gasteiger partial charge is 0.303 e. The van der Waals surface area contributed by atoms with Crippen molar-refractivity contribution in [3.8, 4) is 0 Å². The van der Waals surface area contributed by atoms with Crippen LogP contribution in [0.15, 0.2) is 60.7 Å². The molecule has 0 spiro atoms. The Bertz CT molecular complexity index is 547. The fourth-order valence-electron chi connectivity index (χ4n) is 3.79. The van der Waals surface area contributed by atoms with Crippen LogP contribution in [0.4, 0.5) is 0 Å². The fourth-order valence-corrected chi connectivity index (χ4v) is 3.79. The number of nitrogens with zero attached hydrogens (tertiary/aromatic N) is 1. The Morgan fingerprint density at radius 3 is 1.54 bits per heavy atom. The van der Waals surface area contributed by atoms with Crippen molar-refractivity contribution in [3.05, 3.63) is 71.8 Å². The lowest BCUT2D eigenvalue weighted by atomic mass is 10.0. The summed E-state index contributed by atoms with van der Waals surface area (Å²) in [5.41, 5.74) is 2.91. The topological polar surface area (TPSA) is 3.24 Å². The molecule has 0 bridgehead atoms. The standard InChI is InChI=1S/C27H41N/c1-25(2)15-9-5-3-4-6-14-22-28(23-20-26-16-10-7-11-17-26)24-21-27-18-12-8-13-19-27/h7-8,10-13,16-19,25H,3-6,9,14-15,20-24H2,1-2H3. The monoisotopic (exact) mass is 379 g/mol. The zero-order chi connectivity index (χ0) is 19.9. The lowest BCUT2D eigenvalue weighted by molar-refractivity contribution is 0.273. The van der Waals surface area contributed by atoms with Crippen molar-refractivity contribution in [1.82, 2.24) is 4.90 Å². The third kappa shape index (κ3) is 10.7. The third-order valence-corrected chi connectivity index (χ3v) is 5.62. The van der Waals surface area contributed by atoms with Crippen LogP contribution >= 0.6 is 0 Å². The van der Waals surface area contributed by atoms with Crippen LogP contribution in [0.5, 0.6) is 0 Å².